The van der Waals surface area contributed by atoms with Crippen LogP contribution in [0, 0.1) is 20.8 Å². The molecule has 0 saturated heterocycles. The zero-order valence-corrected chi connectivity index (χ0v) is 13.2. The smallest absolute Gasteiger partial charge is 0.290 e. The maximum Gasteiger partial charge on any atom is 0.290 e. The first-order chi connectivity index (χ1) is 9.99. The second kappa shape index (κ2) is 6.53. The van der Waals surface area contributed by atoms with Crippen LogP contribution in [0.3, 0.4) is 0 Å². The van der Waals surface area contributed by atoms with E-state index in [4.69, 9.17) is 0 Å². The standard InChI is InChI=1S/C18H22N2O/c1-5-16-8-7-15(4)20(11-16)12-18(21)19-17-9-6-13(2)14(3)10-17/h6-11H,5,12H2,1-4H3/p+1. The number of pyridine rings is 1. The van der Waals surface area contributed by atoms with Crippen LogP contribution in [0.1, 0.15) is 29.3 Å². The number of carbonyl (C=O) groups is 1. The lowest BCUT2D eigenvalue weighted by atomic mass is 10.1. The van der Waals surface area contributed by atoms with Crippen LogP contribution in [-0.2, 0) is 17.8 Å². The molecule has 1 heterocycles. The van der Waals surface area contributed by atoms with Crippen LogP contribution in [0.5, 0.6) is 0 Å². The number of hydrogen-bond donors (Lipinski definition) is 1. The summed E-state index contributed by atoms with van der Waals surface area (Å²) in [5, 5.41) is 2.96. The van der Waals surface area contributed by atoms with Crippen LogP contribution in [-0.4, -0.2) is 5.91 Å². The molecule has 0 spiro atoms. The summed E-state index contributed by atoms with van der Waals surface area (Å²) in [6.45, 7) is 8.59. The maximum absolute atomic E-state index is 12.2. The van der Waals surface area contributed by atoms with Crippen molar-refractivity contribution in [3.05, 3.63) is 58.9 Å². The van der Waals surface area contributed by atoms with Gasteiger partial charge in [0.1, 0.15) is 0 Å². The van der Waals surface area contributed by atoms with E-state index in [9.17, 15) is 4.79 Å². The number of rotatable bonds is 4. The van der Waals surface area contributed by atoms with E-state index in [1.807, 2.05) is 29.7 Å². The van der Waals surface area contributed by atoms with Crippen molar-refractivity contribution < 1.29 is 9.36 Å². The molecule has 0 fully saturated rings. The molecule has 0 saturated carbocycles. The van der Waals surface area contributed by atoms with Gasteiger partial charge in [-0.25, -0.2) is 0 Å². The van der Waals surface area contributed by atoms with Gasteiger partial charge in [0, 0.05) is 24.2 Å². The van der Waals surface area contributed by atoms with Gasteiger partial charge in [0.2, 0.25) is 6.54 Å². The molecular formula is C18H23N2O+. The zero-order valence-electron chi connectivity index (χ0n) is 13.2. The molecule has 2 aromatic rings. The summed E-state index contributed by atoms with van der Waals surface area (Å²) >= 11 is 0. The summed E-state index contributed by atoms with van der Waals surface area (Å²) in [5.41, 5.74) is 5.59. The van der Waals surface area contributed by atoms with Crippen LogP contribution in [0.2, 0.25) is 0 Å². The Bertz CT molecular complexity index is 662. The van der Waals surface area contributed by atoms with E-state index in [-0.39, 0.29) is 5.91 Å². The molecule has 3 heteroatoms. The Balaban J connectivity index is 2.09. The summed E-state index contributed by atoms with van der Waals surface area (Å²) in [6, 6.07) is 10.1. The minimum atomic E-state index is -0.000365. The van der Waals surface area contributed by atoms with Crippen molar-refractivity contribution >= 4 is 11.6 Å². The number of benzene rings is 1. The minimum Gasteiger partial charge on any atom is -0.321 e. The highest BCUT2D eigenvalue weighted by Crippen LogP contribution is 2.13. The predicted molar refractivity (Wildman–Crippen MR) is 85.3 cm³/mol. The Morgan fingerprint density at radius 3 is 2.52 bits per heavy atom. The van der Waals surface area contributed by atoms with E-state index in [1.165, 1.54) is 16.7 Å². The number of aryl methyl sites for hydroxylation is 4. The average molecular weight is 283 g/mol. The lowest BCUT2D eigenvalue weighted by molar-refractivity contribution is -0.690. The average Bonchev–Trinajstić information content (AvgIpc) is 2.45. The summed E-state index contributed by atoms with van der Waals surface area (Å²) in [5.74, 6) is -0.000365. The van der Waals surface area contributed by atoms with Crippen LogP contribution < -0.4 is 9.88 Å². The molecular weight excluding hydrogens is 260 g/mol. The molecule has 1 aromatic heterocycles. The van der Waals surface area contributed by atoms with Gasteiger partial charge in [0.15, 0.2) is 11.9 Å². The lowest BCUT2D eigenvalue weighted by Gasteiger charge is -2.07. The molecule has 0 aliphatic carbocycles. The number of carbonyl (C=O) groups excluding carboxylic acids is 1. The monoisotopic (exact) mass is 283 g/mol. The predicted octanol–water partition coefficient (Wildman–Crippen LogP) is 3.10. The third kappa shape index (κ3) is 3.91. The lowest BCUT2D eigenvalue weighted by Crippen LogP contribution is -2.43. The molecule has 21 heavy (non-hydrogen) atoms. The summed E-state index contributed by atoms with van der Waals surface area (Å²) < 4.78 is 2.00. The summed E-state index contributed by atoms with van der Waals surface area (Å²) in [6.07, 6.45) is 3.02. The van der Waals surface area contributed by atoms with Gasteiger partial charge < -0.3 is 5.32 Å². The third-order valence-electron chi connectivity index (χ3n) is 3.83. The van der Waals surface area contributed by atoms with Gasteiger partial charge in [-0.05, 0) is 49.6 Å². The number of amides is 1. The highest BCUT2D eigenvalue weighted by Gasteiger charge is 2.13. The SMILES string of the molecule is CCc1ccc(C)[n+](CC(=O)Nc2ccc(C)c(C)c2)c1. The fourth-order valence-corrected chi connectivity index (χ4v) is 2.22. The van der Waals surface area contributed by atoms with E-state index in [1.54, 1.807) is 0 Å². The van der Waals surface area contributed by atoms with Gasteiger partial charge in [0.05, 0.1) is 0 Å². The van der Waals surface area contributed by atoms with E-state index in [0.29, 0.717) is 6.54 Å². The molecule has 110 valence electrons. The van der Waals surface area contributed by atoms with Gasteiger partial charge >= 0.3 is 0 Å². The number of nitrogens with one attached hydrogen (secondary N) is 1. The van der Waals surface area contributed by atoms with Crippen molar-refractivity contribution in [1.29, 1.82) is 0 Å². The Labute approximate surface area is 126 Å². The van der Waals surface area contributed by atoms with Crippen LogP contribution in [0.4, 0.5) is 5.69 Å². The van der Waals surface area contributed by atoms with Crippen molar-refractivity contribution in [3.8, 4) is 0 Å². The second-order valence-corrected chi connectivity index (χ2v) is 5.51. The molecule has 0 unspecified atom stereocenters. The topological polar surface area (TPSA) is 33.0 Å². The first kappa shape index (κ1) is 15.2. The number of nitrogens with zero attached hydrogens (tertiary/aromatic N) is 1. The largest absolute Gasteiger partial charge is 0.321 e. The molecule has 0 radical (unpaired) electrons. The molecule has 0 bridgehead atoms. The number of hydrogen-bond acceptors (Lipinski definition) is 1. The first-order valence-corrected chi connectivity index (χ1v) is 7.35. The molecule has 2 rings (SSSR count). The third-order valence-corrected chi connectivity index (χ3v) is 3.83. The van der Waals surface area contributed by atoms with Crippen molar-refractivity contribution in [2.75, 3.05) is 5.32 Å². The number of anilines is 1. The number of aromatic nitrogens is 1. The molecule has 0 aliphatic heterocycles. The highest BCUT2D eigenvalue weighted by atomic mass is 16.1. The van der Waals surface area contributed by atoms with Crippen LogP contribution in [0.15, 0.2) is 36.5 Å². The van der Waals surface area contributed by atoms with E-state index in [2.05, 4.69) is 44.4 Å². The van der Waals surface area contributed by atoms with Gasteiger partial charge in [-0.3, -0.25) is 4.79 Å². The van der Waals surface area contributed by atoms with Gasteiger partial charge in [-0.15, -0.1) is 0 Å². The first-order valence-electron chi connectivity index (χ1n) is 7.35. The summed E-state index contributed by atoms with van der Waals surface area (Å²) in [4.78, 5) is 12.2. The zero-order chi connectivity index (χ0) is 15.4. The van der Waals surface area contributed by atoms with Crippen molar-refractivity contribution in [3.63, 3.8) is 0 Å². The molecule has 1 amide bonds. The van der Waals surface area contributed by atoms with Gasteiger partial charge in [-0.2, -0.15) is 4.57 Å². The van der Waals surface area contributed by atoms with Crippen molar-refractivity contribution in [1.82, 2.24) is 0 Å². The van der Waals surface area contributed by atoms with Gasteiger partial charge in [0.25, 0.3) is 5.91 Å². The molecule has 0 aliphatic rings. The second-order valence-electron chi connectivity index (χ2n) is 5.51. The Kier molecular flexibility index (Phi) is 4.73. The quantitative estimate of drug-likeness (QED) is 0.859. The fourth-order valence-electron chi connectivity index (χ4n) is 2.22. The minimum absolute atomic E-state index is 0.000365. The van der Waals surface area contributed by atoms with Gasteiger partial charge in [-0.1, -0.05) is 13.0 Å². The van der Waals surface area contributed by atoms with Crippen molar-refractivity contribution in [2.24, 2.45) is 0 Å². The van der Waals surface area contributed by atoms with Crippen molar-refractivity contribution in [2.45, 2.75) is 40.7 Å². The molecule has 1 aromatic carbocycles. The Morgan fingerprint density at radius 1 is 1.10 bits per heavy atom. The van der Waals surface area contributed by atoms with Crippen LogP contribution in [0.25, 0.3) is 0 Å². The van der Waals surface area contributed by atoms with Crippen LogP contribution >= 0.6 is 0 Å². The highest BCUT2D eigenvalue weighted by molar-refractivity contribution is 5.89. The molecule has 1 N–H and O–H groups in total. The molecule has 3 nitrogen and oxygen atoms in total. The Hall–Kier alpha value is -2.16. The normalized spacial score (nSPS) is 10.5. The van der Waals surface area contributed by atoms with E-state index >= 15 is 0 Å². The Morgan fingerprint density at radius 2 is 1.86 bits per heavy atom. The van der Waals surface area contributed by atoms with E-state index < -0.39 is 0 Å². The van der Waals surface area contributed by atoms with E-state index in [0.717, 1.165) is 17.8 Å². The maximum atomic E-state index is 12.2. The summed E-state index contributed by atoms with van der Waals surface area (Å²) in [7, 11) is 0. The fraction of sp³-hybridized carbons (Fsp3) is 0.333. The molecule has 0 atom stereocenters.